The first-order valence-corrected chi connectivity index (χ1v) is 5.12. The van der Waals surface area contributed by atoms with Gasteiger partial charge in [-0.05, 0) is 31.0 Å². The molecule has 0 saturated carbocycles. The lowest BCUT2D eigenvalue weighted by molar-refractivity contribution is -0.144. The summed E-state index contributed by atoms with van der Waals surface area (Å²) < 4.78 is 5.21. The van der Waals surface area contributed by atoms with Crippen molar-refractivity contribution in [3.8, 4) is 5.75 Å². The lowest BCUT2D eigenvalue weighted by Gasteiger charge is -2.10. The molecule has 0 bridgehead atoms. The number of aryl methyl sites for hydroxylation is 1. The zero-order chi connectivity index (χ0) is 11.3. The summed E-state index contributed by atoms with van der Waals surface area (Å²) in [7, 11) is 0. The van der Waals surface area contributed by atoms with Crippen LogP contribution in [-0.2, 0) is 11.2 Å². The van der Waals surface area contributed by atoms with Gasteiger partial charge in [-0.15, -0.1) is 0 Å². The average molecular weight is 208 g/mol. The predicted octanol–water partition coefficient (Wildman–Crippen LogP) is 2.49. The fourth-order valence-electron chi connectivity index (χ4n) is 1.28. The molecule has 0 fully saturated rings. The molecule has 3 nitrogen and oxygen atoms in total. The van der Waals surface area contributed by atoms with E-state index in [2.05, 4.69) is 6.92 Å². The summed E-state index contributed by atoms with van der Waals surface area (Å²) in [6.45, 7) is 3.64. The molecule has 1 atom stereocenters. The van der Waals surface area contributed by atoms with Crippen LogP contribution in [0.25, 0.3) is 0 Å². The number of rotatable bonds is 5. The van der Waals surface area contributed by atoms with Crippen LogP contribution in [0.1, 0.15) is 25.8 Å². The molecular weight excluding hydrogens is 192 g/mol. The highest BCUT2D eigenvalue weighted by molar-refractivity contribution is 5.72. The molecule has 0 saturated heterocycles. The Kier molecular flexibility index (Phi) is 4.16. The van der Waals surface area contributed by atoms with Crippen molar-refractivity contribution in [2.45, 2.75) is 32.8 Å². The highest BCUT2D eigenvalue weighted by atomic mass is 16.5. The number of carbonyl (C=O) groups is 1. The van der Waals surface area contributed by atoms with Gasteiger partial charge in [-0.25, -0.2) is 4.79 Å². The molecule has 0 spiro atoms. The van der Waals surface area contributed by atoms with E-state index in [1.807, 2.05) is 24.3 Å². The smallest absolute Gasteiger partial charge is 0.344 e. The summed E-state index contributed by atoms with van der Waals surface area (Å²) in [4.78, 5) is 10.5. The second kappa shape index (κ2) is 5.39. The van der Waals surface area contributed by atoms with Crippen LogP contribution in [0.4, 0.5) is 0 Å². The number of carboxylic acids is 1. The van der Waals surface area contributed by atoms with Gasteiger partial charge in [0.1, 0.15) is 5.75 Å². The molecule has 1 rings (SSSR count). The Balaban J connectivity index is 2.60. The molecule has 0 aromatic heterocycles. The average Bonchev–Trinajstić information content (AvgIpc) is 2.21. The number of ether oxygens (including phenoxy) is 1. The van der Waals surface area contributed by atoms with Crippen LogP contribution in [-0.4, -0.2) is 17.2 Å². The van der Waals surface area contributed by atoms with Crippen molar-refractivity contribution in [1.29, 1.82) is 0 Å². The van der Waals surface area contributed by atoms with Gasteiger partial charge >= 0.3 is 5.97 Å². The predicted molar refractivity (Wildman–Crippen MR) is 58.2 cm³/mol. The molecule has 0 unspecified atom stereocenters. The van der Waals surface area contributed by atoms with Crippen molar-refractivity contribution in [1.82, 2.24) is 0 Å². The third-order valence-corrected chi connectivity index (χ3v) is 2.12. The molecule has 15 heavy (non-hydrogen) atoms. The Hall–Kier alpha value is -1.51. The second-order valence-corrected chi connectivity index (χ2v) is 3.49. The van der Waals surface area contributed by atoms with Crippen LogP contribution in [0.3, 0.4) is 0 Å². The minimum absolute atomic E-state index is 0.602. The summed E-state index contributed by atoms with van der Waals surface area (Å²) in [5, 5.41) is 8.66. The zero-order valence-corrected chi connectivity index (χ0v) is 9.06. The summed E-state index contributed by atoms with van der Waals surface area (Å²) in [5.74, 6) is -0.350. The summed E-state index contributed by atoms with van der Waals surface area (Å²) in [5.41, 5.74) is 1.24. The Morgan fingerprint density at radius 3 is 2.47 bits per heavy atom. The Morgan fingerprint density at radius 2 is 2.00 bits per heavy atom. The van der Waals surface area contributed by atoms with Crippen LogP contribution in [0.5, 0.6) is 5.75 Å². The van der Waals surface area contributed by atoms with Crippen LogP contribution in [0.2, 0.25) is 0 Å². The first-order chi connectivity index (χ1) is 7.13. The van der Waals surface area contributed by atoms with Gasteiger partial charge in [0, 0.05) is 0 Å². The van der Waals surface area contributed by atoms with E-state index in [4.69, 9.17) is 9.84 Å². The maximum Gasteiger partial charge on any atom is 0.344 e. The molecule has 1 aromatic rings. The number of hydrogen-bond acceptors (Lipinski definition) is 2. The third-order valence-electron chi connectivity index (χ3n) is 2.12. The van der Waals surface area contributed by atoms with Crippen molar-refractivity contribution < 1.29 is 14.6 Å². The molecule has 82 valence electrons. The topological polar surface area (TPSA) is 46.5 Å². The number of aliphatic carboxylic acids is 1. The highest BCUT2D eigenvalue weighted by Crippen LogP contribution is 2.14. The molecule has 0 aliphatic rings. The lowest BCUT2D eigenvalue weighted by atomic mass is 10.1. The van der Waals surface area contributed by atoms with Crippen molar-refractivity contribution in [3.05, 3.63) is 29.8 Å². The zero-order valence-electron chi connectivity index (χ0n) is 9.06. The third kappa shape index (κ3) is 3.62. The molecule has 1 N–H and O–H groups in total. The van der Waals surface area contributed by atoms with Crippen LogP contribution in [0, 0.1) is 0 Å². The Morgan fingerprint density at radius 1 is 1.40 bits per heavy atom. The SMILES string of the molecule is CCCc1ccc(O[C@H](C)C(=O)O)cc1. The van der Waals surface area contributed by atoms with Gasteiger partial charge in [-0.3, -0.25) is 0 Å². The van der Waals surface area contributed by atoms with E-state index in [1.165, 1.54) is 12.5 Å². The molecule has 0 aliphatic heterocycles. The van der Waals surface area contributed by atoms with E-state index < -0.39 is 12.1 Å². The summed E-state index contributed by atoms with van der Waals surface area (Å²) in [6.07, 6.45) is 1.34. The van der Waals surface area contributed by atoms with Gasteiger partial charge in [0.25, 0.3) is 0 Å². The van der Waals surface area contributed by atoms with Crippen molar-refractivity contribution in [2.75, 3.05) is 0 Å². The van der Waals surface area contributed by atoms with E-state index >= 15 is 0 Å². The summed E-state index contributed by atoms with van der Waals surface area (Å²) >= 11 is 0. The standard InChI is InChI=1S/C12H16O3/c1-3-4-10-5-7-11(8-6-10)15-9(2)12(13)14/h5-9H,3-4H2,1-2H3,(H,13,14)/t9-/m1/s1. The van der Waals surface area contributed by atoms with Crippen LogP contribution in [0.15, 0.2) is 24.3 Å². The van der Waals surface area contributed by atoms with Gasteiger partial charge in [0.05, 0.1) is 0 Å². The van der Waals surface area contributed by atoms with E-state index in [0.29, 0.717) is 5.75 Å². The fourth-order valence-corrected chi connectivity index (χ4v) is 1.28. The lowest BCUT2D eigenvalue weighted by Crippen LogP contribution is -2.22. The first-order valence-electron chi connectivity index (χ1n) is 5.12. The van der Waals surface area contributed by atoms with Gasteiger partial charge < -0.3 is 9.84 Å². The molecule has 0 radical (unpaired) electrons. The second-order valence-electron chi connectivity index (χ2n) is 3.49. The van der Waals surface area contributed by atoms with Gasteiger partial charge in [0.15, 0.2) is 6.10 Å². The highest BCUT2D eigenvalue weighted by Gasteiger charge is 2.11. The minimum atomic E-state index is -0.951. The fraction of sp³-hybridized carbons (Fsp3) is 0.417. The van der Waals surface area contributed by atoms with Gasteiger partial charge in [-0.1, -0.05) is 25.5 Å². The minimum Gasteiger partial charge on any atom is -0.479 e. The number of hydrogen-bond donors (Lipinski definition) is 1. The maximum atomic E-state index is 10.5. The maximum absolute atomic E-state index is 10.5. The Bertz CT molecular complexity index is 316. The number of benzene rings is 1. The first kappa shape index (κ1) is 11.6. The van der Waals surface area contributed by atoms with Gasteiger partial charge in [0.2, 0.25) is 0 Å². The van der Waals surface area contributed by atoms with Crippen LogP contribution >= 0.6 is 0 Å². The molecule has 1 aromatic carbocycles. The normalized spacial score (nSPS) is 12.1. The monoisotopic (exact) mass is 208 g/mol. The quantitative estimate of drug-likeness (QED) is 0.808. The molecular formula is C12H16O3. The van der Waals surface area contributed by atoms with Crippen molar-refractivity contribution in [2.24, 2.45) is 0 Å². The molecule has 3 heteroatoms. The van der Waals surface area contributed by atoms with E-state index in [-0.39, 0.29) is 0 Å². The summed E-state index contributed by atoms with van der Waals surface area (Å²) in [6, 6.07) is 7.55. The Labute approximate surface area is 89.7 Å². The van der Waals surface area contributed by atoms with Gasteiger partial charge in [-0.2, -0.15) is 0 Å². The van der Waals surface area contributed by atoms with Crippen molar-refractivity contribution >= 4 is 5.97 Å². The molecule has 0 heterocycles. The molecule has 0 aliphatic carbocycles. The van der Waals surface area contributed by atoms with E-state index in [0.717, 1.165) is 12.8 Å². The van der Waals surface area contributed by atoms with E-state index in [1.54, 1.807) is 0 Å². The number of carboxylic acid groups (broad SMARTS) is 1. The van der Waals surface area contributed by atoms with Crippen molar-refractivity contribution in [3.63, 3.8) is 0 Å². The largest absolute Gasteiger partial charge is 0.479 e. The van der Waals surface area contributed by atoms with Crippen LogP contribution < -0.4 is 4.74 Å². The van der Waals surface area contributed by atoms with E-state index in [9.17, 15) is 4.79 Å². The molecule has 0 amide bonds.